The molecule has 0 amide bonds. The average Bonchev–Trinajstić information content (AvgIpc) is 2.68. The van der Waals surface area contributed by atoms with Gasteiger partial charge in [0.2, 0.25) is 0 Å². The molecule has 1 fully saturated rings. The molecule has 0 heteroatoms. The van der Waals surface area contributed by atoms with Gasteiger partial charge in [-0.2, -0.15) is 0 Å². The average molecular weight is 248 g/mol. The molecule has 0 nitrogen and oxygen atoms in total. The summed E-state index contributed by atoms with van der Waals surface area (Å²) < 4.78 is 0. The summed E-state index contributed by atoms with van der Waals surface area (Å²) in [5, 5.41) is 0. The number of hydrogen-bond donors (Lipinski definition) is 0. The highest BCUT2D eigenvalue weighted by Crippen LogP contribution is 2.83. The van der Waals surface area contributed by atoms with Gasteiger partial charge in [0.15, 0.2) is 0 Å². The predicted octanol–water partition coefficient (Wildman–Crippen LogP) is 5.02. The minimum absolute atomic E-state index is 0.202. The molecule has 2 aliphatic rings. The van der Waals surface area contributed by atoms with Crippen molar-refractivity contribution < 1.29 is 0 Å². The van der Waals surface area contributed by atoms with E-state index in [2.05, 4.69) is 76.2 Å². The van der Waals surface area contributed by atoms with Crippen molar-refractivity contribution in [2.75, 3.05) is 0 Å². The first-order chi connectivity index (χ1) is 8.96. The molecule has 0 radical (unpaired) electrons. The summed E-state index contributed by atoms with van der Waals surface area (Å²) in [5.41, 5.74) is 6.77. The molecular weight excluding hydrogens is 228 g/mol. The quantitative estimate of drug-likeness (QED) is 0.614. The van der Waals surface area contributed by atoms with Gasteiger partial charge in [-0.3, -0.25) is 0 Å². The fourth-order valence-electron chi connectivity index (χ4n) is 4.89. The summed E-state index contributed by atoms with van der Waals surface area (Å²) in [4.78, 5) is 0. The largest absolute Gasteiger partial charge is 0.0619 e. The minimum Gasteiger partial charge on any atom is -0.0619 e. The Morgan fingerprint density at radius 2 is 0.947 bits per heavy atom. The van der Waals surface area contributed by atoms with Crippen LogP contribution in [-0.4, -0.2) is 0 Å². The van der Waals surface area contributed by atoms with Crippen molar-refractivity contribution in [2.24, 2.45) is 10.8 Å². The van der Waals surface area contributed by atoms with Crippen LogP contribution >= 0.6 is 0 Å². The third kappa shape index (κ3) is 0.908. The van der Waals surface area contributed by atoms with Crippen molar-refractivity contribution in [2.45, 2.75) is 33.1 Å². The molecule has 0 heterocycles. The second kappa shape index (κ2) is 2.95. The van der Waals surface area contributed by atoms with E-state index < -0.39 is 0 Å². The molecule has 0 aliphatic heterocycles. The molecule has 0 bridgehead atoms. The molecule has 2 aromatic carbocycles. The molecule has 96 valence electrons. The van der Waals surface area contributed by atoms with Gasteiger partial charge < -0.3 is 0 Å². The van der Waals surface area contributed by atoms with E-state index in [-0.39, 0.29) is 5.41 Å². The van der Waals surface area contributed by atoms with Crippen LogP contribution in [0, 0.1) is 10.8 Å². The monoisotopic (exact) mass is 248 g/mol. The van der Waals surface area contributed by atoms with Crippen molar-refractivity contribution >= 4 is 0 Å². The Kier molecular flexibility index (Phi) is 1.75. The van der Waals surface area contributed by atoms with E-state index in [1.54, 1.807) is 0 Å². The van der Waals surface area contributed by atoms with E-state index in [4.69, 9.17) is 0 Å². The fourth-order valence-corrected chi connectivity index (χ4v) is 4.89. The lowest BCUT2D eigenvalue weighted by atomic mass is 9.84. The summed E-state index contributed by atoms with van der Waals surface area (Å²) in [6.45, 7) is 9.69. The van der Waals surface area contributed by atoms with Crippen molar-refractivity contribution in [3.05, 3.63) is 59.7 Å². The van der Waals surface area contributed by atoms with Crippen molar-refractivity contribution in [1.82, 2.24) is 0 Å². The number of rotatable bonds is 0. The second-order valence-corrected chi connectivity index (χ2v) is 7.09. The van der Waals surface area contributed by atoms with Gasteiger partial charge in [0.05, 0.1) is 0 Å². The topological polar surface area (TPSA) is 0 Å². The molecule has 19 heavy (non-hydrogen) atoms. The molecule has 0 atom stereocenters. The first-order valence-electron chi connectivity index (χ1n) is 7.15. The predicted molar refractivity (Wildman–Crippen MR) is 80.2 cm³/mol. The van der Waals surface area contributed by atoms with Crippen molar-refractivity contribution in [3.8, 4) is 11.1 Å². The standard InChI is InChI=1S/C19H20/c1-17(2)18(3,4)19(17)15-11-7-5-9-13(15)14-10-6-8-12-16(14)19/h5-12H,1-4H3. The van der Waals surface area contributed by atoms with Crippen LogP contribution in [0.2, 0.25) is 0 Å². The molecule has 1 saturated carbocycles. The second-order valence-electron chi connectivity index (χ2n) is 7.09. The van der Waals surface area contributed by atoms with Gasteiger partial charge in [0, 0.05) is 5.41 Å². The lowest BCUT2D eigenvalue weighted by molar-refractivity contribution is 0.457. The summed E-state index contributed by atoms with van der Waals surface area (Å²) in [5.74, 6) is 0. The Morgan fingerprint density at radius 1 is 0.579 bits per heavy atom. The SMILES string of the molecule is CC1(C)C(C)(C)C12c1ccccc1-c1ccccc12. The number of fused-ring (bicyclic) bond motifs is 5. The lowest BCUT2D eigenvalue weighted by Gasteiger charge is -2.18. The van der Waals surface area contributed by atoms with E-state index in [0.29, 0.717) is 10.8 Å². The van der Waals surface area contributed by atoms with E-state index in [0.717, 1.165) is 0 Å². The van der Waals surface area contributed by atoms with E-state index in [1.165, 1.54) is 22.3 Å². The van der Waals surface area contributed by atoms with Crippen LogP contribution in [0.5, 0.6) is 0 Å². The van der Waals surface area contributed by atoms with Gasteiger partial charge in [0.1, 0.15) is 0 Å². The normalized spacial score (nSPS) is 22.9. The summed E-state index contributed by atoms with van der Waals surface area (Å²) in [7, 11) is 0. The third-order valence-electron chi connectivity index (χ3n) is 6.33. The Labute approximate surface area is 115 Å². The van der Waals surface area contributed by atoms with Crippen LogP contribution in [0.15, 0.2) is 48.5 Å². The van der Waals surface area contributed by atoms with Gasteiger partial charge >= 0.3 is 0 Å². The molecule has 1 spiro atoms. The maximum absolute atomic E-state index is 2.42. The Balaban J connectivity index is 2.16. The Morgan fingerprint density at radius 3 is 1.32 bits per heavy atom. The maximum atomic E-state index is 2.42. The van der Waals surface area contributed by atoms with E-state index >= 15 is 0 Å². The molecule has 2 aliphatic carbocycles. The van der Waals surface area contributed by atoms with Gasteiger partial charge in [-0.1, -0.05) is 76.2 Å². The van der Waals surface area contributed by atoms with Gasteiger partial charge in [0.25, 0.3) is 0 Å². The first kappa shape index (κ1) is 11.3. The van der Waals surface area contributed by atoms with Crippen LogP contribution in [-0.2, 0) is 5.41 Å². The molecular formula is C19H20. The van der Waals surface area contributed by atoms with Crippen LogP contribution in [0.25, 0.3) is 11.1 Å². The fraction of sp³-hybridized carbons (Fsp3) is 0.368. The zero-order chi connectivity index (χ0) is 13.5. The van der Waals surface area contributed by atoms with E-state index in [1.807, 2.05) is 0 Å². The van der Waals surface area contributed by atoms with Gasteiger partial charge in [-0.15, -0.1) is 0 Å². The van der Waals surface area contributed by atoms with Crippen LogP contribution in [0.4, 0.5) is 0 Å². The molecule has 0 unspecified atom stereocenters. The van der Waals surface area contributed by atoms with Crippen LogP contribution < -0.4 is 0 Å². The zero-order valence-electron chi connectivity index (χ0n) is 12.1. The molecule has 4 rings (SSSR count). The third-order valence-corrected chi connectivity index (χ3v) is 6.33. The zero-order valence-corrected chi connectivity index (χ0v) is 12.1. The first-order valence-corrected chi connectivity index (χ1v) is 7.15. The molecule has 0 N–H and O–H groups in total. The highest BCUT2D eigenvalue weighted by Gasteiger charge is 2.80. The maximum Gasteiger partial charge on any atom is 0.0328 e. The summed E-state index contributed by atoms with van der Waals surface area (Å²) in [6, 6.07) is 18.0. The number of benzene rings is 2. The van der Waals surface area contributed by atoms with Crippen molar-refractivity contribution in [1.29, 1.82) is 0 Å². The summed E-state index contributed by atoms with van der Waals surface area (Å²) in [6.07, 6.45) is 0. The van der Waals surface area contributed by atoms with E-state index in [9.17, 15) is 0 Å². The van der Waals surface area contributed by atoms with Crippen LogP contribution in [0.3, 0.4) is 0 Å². The Hall–Kier alpha value is -1.56. The van der Waals surface area contributed by atoms with Crippen molar-refractivity contribution in [3.63, 3.8) is 0 Å². The Bertz CT molecular complexity index is 627. The highest BCUT2D eigenvalue weighted by atomic mass is 14.8. The molecule has 0 aromatic heterocycles. The summed E-state index contributed by atoms with van der Waals surface area (Å²) >= 11 is 0. The lowest BCUT2D eigenvalue weighted by Crippen LogP contribution is -2.14. The smallest absolute Gasteiger partial charge is 0.0328 e. The molecule has 2 aromatic rings. The van der Waals surface area contributed by atoms with Crippen LogP contribution in [0.1, 0.15) is 38.8 Å². The van der Waals surface area contributed by atoms with Gasteiger partial charge in [-0.05, 0) is 33.1 Å². The number of hydrogen-bond acceptors (Lipinski definition) is 0. The van der Waals surface area contributed by atoms with Gasteiger partial charge in [-0.25, -0.2) is 0 Å². The minimum atomic E-state index is 0.202. The molecule has 0 saturated heterocycles. The highest BCUT2D eigenvalue weighted by molar-refractivity contribution is 5.85.